The van der Waals surface area contributed by atoms with E-state index in [-0.39, 0.29) is 12.5 Å². The molecule has 106 valence electrons. The predicted molar refractivity (Wildman–Crippen MR) is 76.1 cm³/mol. The van der Waals surface area contributed by atoms with Gasteiger partial charge in [0.15, 0.2) is 0 Å². The third kappa shape index (κ3) is 4.75. The van der Waals surface area contributed by atoms with Crippen LogP contribution in [0.4, 0.5) is 0 Å². The fourth-order valence-corrected chi connectivity index (χ4v) is 1.56. The van der Waals surface area contributed by atoms with Gasteiger partial charge in [-0.1, -0.05) is 11.8 Å². The molecule has 0 bridgehead atoms. The number of esters is 1. The Hall–Kier alpha value is -2.32. The fraction of sp³-hybridized carbons (Fsp3) is 0.333. The lowest BCUT2D eigenvalue weighted by Crippen LogP contribution is -2.30. The molecule has 0 unspecified atom stereocenters. The molecule has 5 heteroatoms. The molecule has 0 saturated carbocycles. The Morgan fingerprint density at radius 3 is 2.75 bits per heavy atom. The Labute approximate surface area is 118 Å². The van der Waals surface area contributed by atoms with Gasteiger partial charge in [-0.15, -0.1) is 0 Å². The van der Waals surface area contributed by atoms with E-state index in [1.54, 1.807) is 25.1 Å². The second kappa shape index (κ2) is 7.97. The average Bonchev–Trinajstić information content (AvgIpc) is 2.43. The summed E-state index contributed by atoms with van der Waals surface area (Å²) in [6, 6.07) is 5.15. The standard InChI is InChI=1S/C15H18N2O3/c1-3-20-14(18)10-17-15(19)13-7-6-12(5-4-8-16)11(2)9-13/h6-7,9H,3,8,10,16H2,1-2H3,(H,17,19). The molecule has 1 amide bonds. The highest BCUT2D eigenvalue weighted by atomic mass is 16.5. The third-order valence-electron chi connectivity index (χ3n) is 2.51. The molecule has 1 aromatic carbocycles. The Kier molecular flexibility index (Phi) is 6.27. The molecule has 0 atom stereocenters. The average molecular weight is 274 g/mol. The highest BCUT2D eigenvalue weighted by molar-refractivity contribution is 5.96. The highest BCUT2D eigenvalue weighted by Gasteiger charge is 2.09. The summed E-state index contributed by atoms with van der Waals surface area (Å²) in [6.07, 6.45) is 0. The van der Waals surface area contributed by atoms with Gasteiger partial charge in [0.25, 0.3) is 5.91 Å². The van der Waals surface area contributed by atoms with E-state index < -0.39 is 5.97 Å². The van der Waals surface area contributed by atoms with Crippen molar-refractivity contribution in [1.82, 2.24) is 5.32 Å². The van der Waals surface area contributed by atoms with Crippen molar-refractivity contribution in [3.8, 4) is 11.8 Å². The maximum absolute atomic E-state index is 11.9. The number of rotatable bonds is 4. The van der Waals surface area contributed by atoms with Crippen LogP contribution in [0.1, 0.15) is 28.4 Å². The van der Waals surface area contributed by atoms with Crippen LogP contribution in [0.5, 0.6) is 0 Å². The molecule has 20 heavy (non-hydrogen) atoms. The molecule has 1 aromatic rings. The Bertz CT molecular complexity index is 556. The molecule has 0 aromatic heterocycles. The third-order valence-corrected chi connectivity index (χ3v) is 2.51. The van der Waals surface area contributed by atoms with Gasteiger partial charge in [0.1, 0.15) is 6.54 Å². The van der Waals surface area contributed by atoms with Gasteiger partial charge in [0.2, 0.25) is 0 Å². The topological polar surface area (TPSA) is 81.4 Å². The molecule has 1 rings (SSSR count). The summed E-state index contributed by atoms with van der Waals surface area (Å²) in [5.41, 5.74) is 7.51. The number of nitrogens with one attached hydrogen (secondary N) is 1. The van der Waals surface area contributed by atoms with Crippen molar-refractivity contribution in [2.75, 3.05) is 19.7 Å². The first kappa shape index (κ1) is 15.7. The first-order valence-corrected chi connectivity index (χ1v) is 6.32. The number of benzene rings is 1. The summed E-state index contributed by atoms with van der Waals surface area (Å²) in [4.78, 5) is 23.0. The lowest BCUT2D eigenvalue weighted by molar-refractivity contribution is -0.141. The van der Waals surface area contributed by atoms with Gasteiger partial charge < -0.3 is 15.8 Å². The Balaban J connectivity index is 2.70. The van der Waals surface area contributed by atoms with Crippen molar-refractivity contribution in [3.05, 3.63) is 34.9 Å². The van der Waals surface area contributed by atoms with Gasteiger partial charge in [-0.05, 0) is 37.6 Å². The second-order valence-corrected chi connectivity index (χ2v) is 4.02. The number of carbonyl (C=O) groups excluding carboxylic acids is 2. The number of ether oxygens (including phenoxy) is 1. The quantitative estimate of drug-likeness (QED) is 0.622. The van der Waals surface area contributed by atoms with Crippen molar-refractivity contribution < 1.29 is 14.3 Å². The molecule has 0 heterocycles. The first-order chi connectivity index (χ1) is 9.58. The lowest BCUT2D eigenvalue weighted by atomic mass is 10.0. The molecule has 3 N–H and O–H groups in total. The van der Waals surface area contributed by atoms with Gasteiger partial charge in [-0.2, -0.15) is 0 Å². The van der Waals surface area contributed by atoms with E-state index in [1.807, 2.05) is 6.92 Å². The minimum absolute atomic E-state index is 0.138. The van der Waals surface area contributed by atoms with Crippen LogP contribution in [0, 0.1) is 18.8 Å². The van der Waals surface area contributed by atoms with E-state index in [1.165, 1.54) is 0 Å². The van der Waals surface area contributed by atoms with Crippen molar-refractivity contribution in [2.24, 2.45) is 5.73 Å². The maximum Gasteiger partial charge on any atom is 0.325 e. The van der Waals surface area contributed by atoms with E-state index in [2.05, 4.69) is 17.2 Å². The van der Waals surface area contributed by atoms with E-state index >= 15 is 0 Å². The zero-order chi connectivity index (χ0) is 15.0. The van der Waals surface area contributed by atoms with Crippen molar-refractivity contribution >= 4 is 11.9 Å². The molecule has 0 fully saturated rings. The maximum atomic E-state index is 11.9. The number of nitrogens with two attached hydrogens (primary N) is 1. The molecule has 0 radical (unpaired) electrons. The molecular weight excluding hydrogens is 256 g/mol. The Morgan fingerprint density at radius 2 is 2.15 bits per heavy atom. The molecule has 0 aliphatic carbocycles. The van der Waals surface area contributed by atoms with Crippen molar-refractivity contribution in [2.45, 2.75) is 13.8 Å². The second-order valence-electron chi connectivity index (χ2n) is 4.02. The SMILES string of the molecule is CCOC(=O)CNC(=O)c1ccc(C#CCN)c(C)c1. The molecule has 0 saturated heterocycles. The summed E-state index contributed by atoms with van der Waals surface area (Å²) in [6.45, 7) is 4.02. The van der Waals surface area contributed by atoms with E-state index in [0.29, 0.717) is 18.7 Å². The molecular formula is C15H18N2O3. The number of hydrogen-bond acceptors (Lipinski definition) is 4. The van der Waals surface area contributed by atoms with E-state index in [9.17, 15) is 9.59 Å². The number of aryl methyl sites for hydroxylation is 1. The Morgan fingerprint density at radius 1 is 1.40 bits per heavy atom. The predicted octanol–water partition coefficient (Wildman–Crippen LogP) is 0.598. The summed E-state index contributed by atoms with van der Waals surface area (Å²) in [5.74, 6) is 4.91. The van der Waals surface area contributed by atoms with Crippen LogP contribution in [0.3, 0.4) is 0 Å². The zero-order valence-corrected chi connectivity index (χ0v) is 11.7. The van der Waals surface area contributed by atoms with Crippen LogP contribution < -0.4 is 11.1 Å². The smallest absolute Gasteiger partial charge is 0.325 e. The first-order valence-electron chi connectivity index (χ1n) is 6.32. The lowest BCUT2D eigenvalue weighted by Gasteiger charge is -2.06. The van der Waals surface area contributed by atoms with E-state index in [4.69, 9.17) is 10.5 Å². The molecule has 5 nitrogen and oxygen atoms in total. The number of hydrogen-bond donors (Lipinski definition) is 2. The highest BCUT2D eigenvalue weighted by Crippen LogP contribution is 2.10. The summed E-state index contributed by atoms with van der Waals surface area (Å²) in [7, 11) is 0. The zero-order valence-electron chi connectivity index (χ0n) is 11.7. The summed E-state index contributed by atoms with van der Waals surface area (Å²) >= 11 is 0. The summed E-state index contributed by atoms with van der Waals surface area (Å²) < 4.78 is 4.73. The van der Waals surface area contributed by atoms with E-state index in [0.717, 1.165) is 11.1 Å². The van der Waals surface area contributed by atoms with Crippen LogP contribution in [0.25, 0.3) is 0 Å². The van der Waals surface area contributed by atoms with Crippen molar-refractivity contribution in [1.29, 1.82) is 0 Å². The largest absolute Gasteiger partial charge is 0.465 e. The number of amides is 1. The van der Waals surface area contributed by atoms with Crippen LogP contribution >= 0.6 is 0 Å². The monoisotopic (exact) mass is 274 g/mol. The van der Waals surface area contributed by atoms with Gasteiger partial charge in [-0.3, -0.25) is 9.59 Å². The minimum Gasteiger partial charge on any atom is -0.465 e. The van der Waals surface area contributed by atoms with Crippen molar-refractivity contribution in [3.63, 3.8) is 0 Å². The molecule has 0 aliphatic rings. The molecule has 0 spiro atoms. The van der Waals surface area contributed by atoms with Gasteiger partial charge in [0.05, 0.1) is 13.2 Å². The fourth-order valence-electron chi connectivity index (χ4n) is 1.56. The van der Waals surface area contributed by atoms with Crippen LogP contribution in [-0.2, 0) is 9.53 Å². The molecule has 0 aliphatic heterocycles. The number of carbonyl (C=O) groups is 2. The summed E-state index contributed by atoms with van der Waals surface area (Å²) in [5, 5.41) is 2.50. The van der Waals surface area contributed by atoms with Gasteiger partial charge in [0, 0.05) is 11.1 Å². The van der Waals surface area contributed by atoms with Crippen LogP contribution in [0.15, 0.2) is 18.2 Å². The van der Waals surface area contributed by atoms with Gasteiger partial charge >= 0.3 is 5.97 Å². The van der Waals surface area contributed by atoms with Gasteiger partial charge in [-0.25, -0.2) is 0 Å². The van der Waals surface area contributed by atoms with Crippen LogP contribution in [-0.4, -0.2) is 31.6 Å². The normalized spacial score (nSPS) is 9.35. The minimum atomic E-state index is -0.456. The van der Waals surface area contributed by atoms with Crippen LogP contribution in [0.2, 0.25) is 0 Å².